The second kappa shape index (κ2) is 9.55. The summed E-state index contributed by atoms with van der Waals surface area (Å²) in [5, 5.41) is 3.45. The van der Waals surface area contributed by atoms with E-state index in [0.29, 0.717) is 19.8 Å². The Balaban J connectivity index is 0.00000200. The number of halogens is 1. The fraction of sp³-hybridized carbons (Fsp3) is 0.929. The third kappa shape index (κ3) is 5.20. The lowest BCUT2D eigenvalue weighted by Crippen LogP contribution is -2.35. The maximum atomic E-state index is 12.0. The molecule has 0 radical (unpaired) electrons. The van der Waals surface area contributed by atoms with Crippen molar-refractivity contribution < 1.29 is 14.3 Å². The number of hydrogen-bond acceptors (Lipinski definition) is 4. The SMILES string of the molecule is CCOCCOCC(=O)N1CC[C@@H]2CNC[C@@H]2CC1.Cl. The van der Waals surface area contributed by atoms with Gasteiger partial charge in [0.15, 0.2) is 0 Å². The highest BCUT2D eigenvalue weighted by Gasteiger charge is 2.31. The summed E-state index contributed by atoms with van der Waals surface area (Å²) in [5.41, 5.74) is 0. The lowest BCUT2D eigenvalue weighted by Gasteiger charge is -2.20. The Morgan fingerprint density at radius 2 is 1.75 bits per heavy atom. The summed E-state index contributed by atoms with van der Waals surface area (Å²) in [6.45, 7) is 7.93. The van der Waals surface area contributed by atoms with Gasteiger partial charge in [0.25, 0.3) is 0 Å². The van der Waals surface area contributed by atoms with Crippen molar-refractivity contribution in [3.63, 3.8) is 0 Å². The Labute approximate surface area is 127 Å². The Bertz CT molecular complexity index is 278. The summed E-state index contributed by atoms with van der Waals surface area (Å²) < 4.78 is 10.5. The molecule has 0 unspecified atom stereocenters. The summed E-state index contributed by atoms with van der Waals surface area (Å²) in [5.74, 6) is 1.65. The van der Waals surface area contributed by atoms with Gasteiger partial charge < -0.3 is 19.7 Å². The van der Waals surface area contributed by atoms with E-state index in [1.165, 1.54) is 0 Å². The first kappa shape index (κ1) is 17.7. The van der Waals surface area contributed by atoms with E-state index >= 15 is 0 Å². The minimum atomic E-state index is 0. The van der Waals surface area contributed by atoms with E-state index in [-0.39, 0.29) is 24.9 Å². The molecule has 1 amide bonds. The minimum absolute atomic E-state index is 0. The lowest BCUT2D eigenvalue weighted by atomic mass is 9.92. The number of rotatable bonds is 6. The molecule has 0 aromatic rings. The van der Waals surface area contributed by atoms with Crippen molar-refractivity contribution in [2.45, 2.75) is 19.8 Å². The quantitative estimate of drug-likeness (QED) is 0.742. The van der Waals surface area contributed by atoms with Gasteiger partial charge in [0.2, 0.25) is 5.91 Å². The number of hydrogen-bond donors (Lipinski definition) is 1. The molecule has 0 spiro atoms. The van der Waals surface area contributed by atoms with Crippen molar-refractivity contribution in [1.82, 2.24) is 10.2 Å². The van der Waals surface area contributed by atoms with E-state index in [2.05, 4.69) is 5.32 Å². The first-order valence-electron chi connectivity index (χ1n) is 7.45. The predicted molar refractivity (Wildman–Crippen MR) is 80.2 cm³/mol. The molecule has 6 heteroatoms. The van der Waals surface area contributed by atoms with Gasteiger partial charge in [-0.25, -0.2) is 0 Å². The third-order valence-corrected chi connectivity index (χ3v) is 4.17. The zero-order chi connectivity index (χ0) is 13.5. The van der Waals surface area contributed by atoms with E-state index < -0.39 is 0 Å². The van der Waals surface area contributed by atoms with Gasteiger partial charge >= 0.3 is 0 Å². The molecule has 0 aliphatic carbocycles. The molecule has 2 saturated heterocycles. The second-order valence-electron chi connectivity index (χ2n) is 5.39. The van der Waals surface area contributed by atoms with Crippen molar-refractivity contribution in [3.05, 3.63) is 0 Å². The number of fused-ring (bicyclic) bond motifs is 1. The number of nitrogens with one attached hydrogen (secondary N) is 1. The maximum absolute atomic E-state index is 12.0. The number of likely N-dealkylation sites (tertiary alicyclic amines) is 1. The maximum Gasteiger partial charge on any atom is 0.248 e. The van der Waals surface area contributed by atoms with E-state index in [0.717, 1.165) is 50.9 Å². The van der Waals surface area contributed by atoms with Crippen molar-refractivity contribution in [3.8, 4) is 0 Å². The molecule has 0 bridgehead atoms. The molecule has 118 valence electrons. The average Bonchev–Trinajstić information content (AvgIpc) is 2.77. The molecule has 20 heavy (non-hydrogen) atoms. The normalized spacial score (nSPS) is 25.8. The van der Waals surface area contributed by atoms with Gasteiger partial charge in [-0.05, 0) is 44.7 Å². The largest absolute Gasteiger partial charge is 0.379 e. The topological polar surface area (TPSA) is 50.8 Å². The van der Waals surface area contributed by atoms with Gasteiger partial charge in [0.05, 0.1) is 13.2 Å². The lowest BCUT2D eigenvalue weighted by molar-refractivity contribution is -0.136. The summed E-state index contributed by atoms with van der Waals surface area (Å²) in [7, 11) is 0. The van der Waals surface area contributed by atoms with Gasteiger partial charge in [-0.2, -0.15) is 0 Å². The minimum Gasteiger partial charge on any atom is -0.379 e. The fourth-order valence-electron chi connectivity index (χ4n) is 2.98. The van der Waals surface area contributed by atoms with Gasteiger partial charge in [0.1, 0.15) is 6.61 Å². The Morgan fingerprint density at radius 3 is 2.35 bits per heavy atom. The molecule has 2 aliphatic heterocycles. The van der Waals surface area contributed by atoms with Crippen LogP contribution in [-0.4, -0.2) is 63.4 Å². The molecule has 0 saturated carbocycles. The van der Waals surface area contributed by atoms with E-state index in [1.807, 2.05) is 11.8 Å². The van der Waals surface area contributed by atoms with Crippen LogP contribution < -0.4 is 5.32 Å². The first-order valence-corrected chi connectivity index (χ1v) is 7.45. The molecule has 2 heterocycles. The highest BCUT2D eigenvalue weighted by atomic mass is 35.5. The van der Waals surface area contributed by atoms with Gasteiger partial charge in [-0.15, -0.1) is 12.4 Å². The van der Waals surface area contributed by atoms with Crippen LogP contribution in [0.1, 0.15) is 19.8 Å². The van der Waals surface area contributed by atoms with Crippen molar-refractivity contribution >= 4 is 18.3 Å². The Kier molecular flexibility index (Phi) is 8.45. The second-order valence-corrected chi connectivity index (χ2v) is 5.39. The molecule has 1 N–H and O–H groups in total. The van der Waals surface area contributed by atoms with Crippen LogP contribution in [0.2, 0.25) is 0 Å². The monoisotopic (exact) mass is 306 g/mol. The van der Waals surface area contributed by atoms with Crippen molar-refractivity contribution in [2.75, 3.05) is 52.6 Å². The third-order valence-electron chi connectivity index (χ3n) is 4.17. The number of carbonyl (C=O) groups excluding carboxylic acids is 1. The highest BCUT2D eigenvalue weighted by Crippen LogP contribution is 2.26. The van der Waals surface area contributed by atoms with Crippen LogP contribution in [0.25, 0.3) is 0 Å². The Hall–Kier alpha value is -0.360. The molecule has 2 aliphatic rings. The van der Waals surface area contributed by atoms with E-state index in [4.69, 9.17) is 9.47 Å². The number of nitrogens with zero attached hydrogens (tertiary/aromatic N) is 1. The molecule has 2 atom stereocenters. The smallest absolute Gasteiger partial charge is 0.248 e. The molecule has 2 rings (SSSR count). The van der Waals surface area contributed by atoms with Crippen LogP contribution in [0.3, 0.4) is 0 Å². The van der Waals surface area contributed by atoms with Crippen LogP contribution in [0.4, 0.5) is 0 Å². The van der Waals surface area contributed by atoms with Gasteiger partial charge in [-0.3, -0.25) is 4.79 Å². The van der Waals surface area contributed by atoms with Crippen LogP contribution >= 0.6 is 12.4 Å². The van der Waals surface area contributed by atoms with E-state index in [9.17, 15) is 4.79 Å². The van der Waals surface area contributed by atoms with E-state index in [1.54, 1.807) is 0 Å². The molecule has 2 fully saturated rings. The predicted octanol–water partition coefficient (Wildman–Crippen LogP) is 0.919. The molecule has 0 aromatic heterocycles. The average molecular weight is 307 g/mol. The summed E-state index contributed by atoms with van der Waals surface area (Å²) in [6, 6.07) is 0. The summed E-state index contributed by atoms with van der Waals surface area (Å²) >= 11 is 0. The van der Waals surface area contributed by atoms with Crippen molar-refractivity contribution in [2.24, 2.45) is 11.8 Å². The number of amides is 1. The highest BCUT2D eigenvalue weighted by molar-refractivity contribution is 5.85. The van der Waals surface area contributed by atoms with Crippen LogP contribution in [-0.2, 0) is 14.3 Å². The van der Waals surface area contributed by atoms with Gasteiger partial charge in [-0.1, -0.05) is 0 Å². The molecular weight excluding hydrogens is 280 g/mol. The zero-order valence-electron chi connectivity index (χ0n) is 12.3. The zero-order valence-corrected chi connectivity index (χ0v) is 13.1. The van der Waals surface area contributed by atoms with Crippen molar-refractivity contribution in [1.29, 1.82) is 0 Å². The number of carbonyl (C=O) groups is 1. The van der Waals surface area contributed by atoms with Crippen LogP contribution in [0.15, 0.2) is 0 Å². The summed E-state index contributed by atoms with van der Waals surface area (Å²) in [6.07, 6.45) is 2.25. The van der Waals surface area contributed by atoms with Crippen LogP contribution in [0.5, 0.6) is 0 Å². The fourth-order valence-corrected chi connectivity index (χ4v) is 2.98. The molecular formula is C14H27ClN2O3. The molecule has 0 aromatic carbocycles. The van der Waals surface area contributed by atoms with Crippen LogP contribution in [0, 0.1) is 11.8 Å². The molecule has 5 nitrogen and oxygen atoms in total. The van der Waals surface area contributed by atoms with Gasteiger partial charge in [0, 0.05) is 19.7 Å². The Morgan fingerprint density at radius 1 is 1.15 bits per heavy atom. The first-order chi connectivity index (χ1) is 9.31. The standard InChI is InChI=1S/C14H26N2O3.ClH/c1-2-18-7-8-19-11-14(17)16-5-3-12-9-15-10-13(12)4-6-16;/h12-13,15H,2-11H2,1H3;1H/t12-,13+;. The number of ether oxygens (including phenoxy) is 2. The summed E-state index contributed by atoms with van der Waals surface area (Å²) in [4.78, 5) is 14.0.